The van der Waals surface area contributed by atoms with E-state index in [0.29, 0.717) is 5.92 Å². The van der Waals surface area contributed by atoms with Crippen LogP contribution in [0.2, 0.25) is 0 Å². The standard InChI is InChI=1S/C17H24N4O/c1-2-14-11-16(21-15(19-14)6-9-18-21)20-10-8-17(22)7-4-3-5-13(17)12-20/h6,9,11,13,22H,2-5,7-8,10,12H2,1H3/t13-,17+/m1/s1. The van der Waals surface area contributed by atoms with Gasteiger partial charge in [-0.15, -0.1) is 0 Å². The number of hydrogen-bond acceptors (Lipinski definition) is 4. The zero-order valence-electron chi connectivity index (χ0n) is 13.2. The van der Waals surface area contributed by atoms with Gasteiger partial charge in [-0.2, -0.15) is 9.61 Å². The van der Waals surface area contributed by atoms with Gasteiger partial charge in [-0.05, 0) is 25.7 Å². The van der Waals surface area contributed by atoms with E-state index < -0.39 is 5.60 Å². The van der Waals surface area contributed by atoms with Gasteiger partial charge in [0.1, 0.15) is 5.82 Å². The third kappa shape index (κ3) is 2.19. The lowest BCUT2D eigenvalue weighted by Crippen LogP contribution is -2.53. The first-order valence-corrected chi connectivity index (χ1v) is 8.50. The number of fused-ring (bicyclic) bond motifs is 2. The summed E-state index contributed by atoms with van der Waals surface area (Å²) in [6.45, 7) is 3.96. The molecule has 0 radical (unpaired) electrons. The molecular formula is C17H24N4O. The summed E-state index contributed by atoms with van der Waals surface area (Å²) in [6.07, 6.45) is 8.13. The SMILES string of the molecule is CCc1cc(N2CC[C@@]3(O)CCCC[C@@H]3C2)n2nccc2n1. The van der Waals surface area contributed by atoms with Crippen LogP contribution < -0.4 is 4.90 Å². The Bertz CT molecular complexity index is 682. The molecule has 2 fully saturated rings. The molecule has 0 amide bonds. The Labute approximate surface area is 131 Å². The minimum atomic E-state index is -0.432. The van der Waals surface area contributed by atoms with E-state index in [9.17, 15) is 5.11 Å². The Morgan fingerprint density at radius 3 is 3.14 bits per heavy atom. The Morgan fingerprint density at radius 1 is 1.36 bits per heavy atom. The van der Waals surface area contributed by atoms with Gasteiger partial charge in [-0.3, -0.25) is 0 Å². The number of nitrogens with zero attached hydrogens (tertiary/aromatic N) is 4. The first kappa shape index (κ1) is 14.0. The molecule has 2 aromatic rings. The van der Waals surface area contributed by atoms with Crippen molar-refractivity contribution < 1.29 is 5.11 Å². The van der Waals surface area contributed by atoms with Gasteiger partial charge in [-0.1, -0.05) is 19.8 Å². The van der Waals surface area contributed by atoms with E-state index in [2.05, 4.69) is 28.0 Å². The molecule has 1 aliphatic carbocycles. The number of aromatic nitrogens is 3. The number of rotatable bonds is 2. The fourth-order valence-electron chi connectivity index (χ4n) is 4.13. The molecule has 1 saturated heterocycles. The van der Waals surface area contributed by atoms with Crippen LogP contribution in [0.15, 0.2) is 18.3 Å². The second kappa shape index (κ2) is 5.23. The van der Waals surface area contributed by atoms with Crippen LogP contribution in [-0.4, -0.2) is 38.4 Å². The lowest BCUT2D eigenvalue weighted by atomic mass is 9.71. The number of aliphatic hydroxyl groups is 1. The van der Waals surface area contributed by atoms with Crippen molar-refractivity contribution >= 4 is 11.5 Å². The van der Waals surface area contributed by atoms with Crippen molar-refractivity contribution in [2.24, 2.45) is 5.92 Å². The average molecular weight is 300 g/mol. The molecule has 2 aliphatic rings. The summed E-state index contributed by atoms with van der Waals surface area (Å²) < 4.78 is 1.94. The summed E-state index contributed by atoms with van der Waals surface area (Å²) in [7, 11) is 0. The summed E-state index contributed by atoms with van der Waals surface area (Å²) in [4.78, 5) is 7.02. The summed E-state index contributed by atoms with van der Waals surface area (Å²) in [6, 6.07) is 4.12. The summed E-state index contributed by atoms with van der Waals surface area (Å²) in [5.41, 5.74) is 1.59. The van der Waals surface area contributed by atoms with Gasteiger partial charge < -0.3 is 10.0 Å². The fourth-order valence-corrected chi connectivity index (χ4v) is 4.13. The molecule has 1 N–H and O–H groups in total. The second-order valence-electron chi connectivity index (χ2n) is 6.80. The Morgan fingerprint density at radius 2 is 2.27 bits per heavy atom. The number of piperidine rings is 1. The summed E-state index contributed by atoms with van der Waals surface area (Å²) in [5.74, 6) is 1.51. The molecule has 1 saturated carbocycles. The molecule has 2 aromatic heterocycles. The highest BCUT2D eigenvalue weighted by atomic mass is 16.3. The van der Waals surface area contributed by atoms with E-state index in [1.165, 1.54) is 12.8 Å². The van der Waals surface area contributed by atoms with Gasteiger partial charge in [0, 0.05) is 36.8 Å². The largest absolute Gasteiger partial charge is 0.389 e. The minimum Gasteiger partial charge on any atom is -0.389 e. The van der Waals surface area contributed by atoms with Crippen molar-refractivity contribution in [3.05, 3.63) is 24.0 Å². The van der Waals surface area contributed by atoms with Gasteiger partial charge in [-0.25, -0.2) is 4.98 Å². The lowest BCUT2D eigenvalue weighted by molar-refractivity contribution is -0.0614. The predicted molar refractivity (Wildman–Crippen MR) is 86.1 cm³/mol. The first-order chi connectivity index (χ1) is 10.7. The van der Waals surface area contributed by atoms with Crippen LogP contribution in [0.25, 0.3) is 5.65 Å². The molecule has 5 nitrogen and oxygen atoms in total. The van der Waals surface area contributed by atoms with Gasteiger partial charge in [0.05, 0.1) is 11.8 Å². The van der Waals surface area contributed by atoms with Crippen molar-refractivity contribution in [1.29, 1.82) is 0 Å². The van der Waals surface area contributed by atoms with Crippen LogP contribution in [-0.2, 0) is 6.42 Å². The topological polar surface area (TPSA) is 53.7 Å². The van der Waals surface area contributed by atoms with Crippen LogP contribution in [0.3, 0.4) is 0 Å². The van der Waals surface area contributed by atoms with E-state index in [-0.39, 0.29) is 0 Å². The third-order valence-corrected chi connectivity index (χ3v) is 5.51. The van der Waals surface area contributed by atoms with Crippen molar-refractivity contribution in [3.63, 3.8) is 0 Å². The smallest absolute Gasteiger partial charge is 0.157 e. The number of hydrogen-bond donors (Lipinski definition) is 1. The first-order valence-electron chi connectivity index (χ1n) is 8.50. The quantitative estimate of drug-likeness (QED) is 0.925. The molecule has 0 unspecified atom stereocenters. The third-order valence-electron chi connectivity index (χ3n) is 5.51. The molecule has 118 valence electrons. The normalized spacial score (nSPS) is 28.8. The Balaban J connectivity index is 1.69. The number of aryl methyl sites for hydroxylation is 1. The van der Waals surface area contributed by atoms with Crippen molar-refractivity contribution in [2.75, 3.05) is 18.0 Å². The maximum absolute atomic E-state index is 10.9. The van der Waals surface area contributed by atoms with Crippen LogP contribution in [0.1, 0.15) is 44.7 Å². The molecule has 2 atom stereocenters. The summed E-state index contributed by atoms with van der Waals surface area (Å²) in [5, 5.41) is 15.3. The highest BCUT2D eigenvalue weighted by molar-refractivity contribution is 5.51. The summed E-state index contributed by atoms with van der Waals surface area (Å²) >= 11 is 0. The zero-order chi connectivity index (χ0) is 15.2. The molecule has 1 aliphatic heterocycles. The minimum absolute atomic E-state index is 0.388. The van der Waals surface area contributed by atoms with Crippen molar-refractivity contribution in [1.82, 2.24) is 14.6 Å². The van der Waals surface area contributed by atoms with E-state index in [1.807, 2.05) is 16.8 Å². The molecule has 0 spiro atoms. The van der Waals surface area contributed by atoms with Crippen molar-refractivity contribution in [2.45, 2.75) is 51.0 Å². The molecular weight excluding hydrogens is 276 g/mol. The highest BCUT2D eigenvalue weighted by Gasteiger charge is 2.43. The van der Waals surface area contributed by atoms with Gasteiger partial charge in [0.25, 0.3) is 0 Å². The maximum atomic E-state index is 10.9. The van der Waals surface area contributed by atoms with Crippen LogP contribution >= 0.6 is 0 Å². The molecule has 0 bridgehead atoms. The Hall–Kier alpha value is -1.62. The number of anilines is 1. The van der Waals surface area contributed by atoms with Crippen molar-refractivity contribution in [3.8, 4) is 0 Å². The van der Waals surface area contributed by atoms with Crippen LogP contribution in [0, 0.1) is 5.92 Å². The van der Waals surface area contributed by atoms with Crippen LogP contribution in [0.5, 0.6) is 0 Å². The van der Waals surface area contributed by atoms with Gasteiger partial charge >= 0.3 is 0 Å². The molecule has 22 heavy (non-hydrogen) atoms. The van der Waals surface area contributed by atoms with E-state index in [1.54, 1.807) is 0 Å². The second-order valence-corrected chi connectivity index (χ2v) is 6.80. The van der Waals surface area contributed by atoms with Crippen LogP contribution in [0.4, 0.5) is 5.82 Å². The van der Waals surface area contributed by atoms with E-state index >= 15 is 0 Å². The van der Waals surface area contributed by atoms with E-state index in [4.69, 9.17) is 0 Å². The molecule has 0 aromatic carbocycles. The fraction of sp³-hybridized carbons (Fsp3) is 0.647. The van der Waals surface area contributed by atoms with Gasteiger partial charge in [0.15, 0.2) is 5.65 Å². The zero-order valence-corrected chi connectivity index (χ0v) is 13.2. The predicted octanol–water partition coefficient (Wildman–Crippen LogP) is 2.42. The maximum Gasteiger partial charge on any atom is 0.157 e. The lowest BCUT2D eigenvalue weighted by Gasteiger charge is -2.48. The van der Waals surface area contributed by atoms with Gasteiger partial charge in [0.2, 0.25) is 0 Å². The molecule has 3 heterocycles. The molecule has 5 heteroatoms. The Kier molecular flexibility index (Phi) is 3.33. The van der Waals surface area contributed by atoms with E-state index in [0.717, 1.165) is 55.9 Å². The average Bonchev–Trinajstić information content (AvgIpc) is 3.01. The highest BCUT2D eigenvalue weighted by Crippen LogP contribution is 2.40. The monoisotopic (exact) mass is 300 g/mol. The molecule has 4 rings (SSSR count).